The van der Waals surface area contributed by atoms with Gasteiger partial charge in [-0.3, -0.25) is 9.69 Å². The molecule has 1 heterocycles. The van der Waals surface area contributed by atoms with Crippen molar-refractivity contribution in [3.8, 4) is 17.6 Å². The number of hydrogen-bond acceptors (Lipinski definition) is 7. The third kappa shape index (κ3) is 5.22. The monoisotopic (exact) mass is 373 g/mol. The highest BCUT2D eigenvalue weighted by Gasteiger charge is 2.31. The summed E-state index contributed by atoms with van der Waals surface area (Å²) in [6, 6.07) is 6.27. The zero-order valence-electron chi connectivity index (χ0n) is 14.9. The molecule has 1 aliphatic heterocycles. The van der Waals surface area contributed by atoms with E-state index in [4.69, 9.17) is 19.5 Å². The largest absolute Gasteiger partial charge is 0.493 e. The molecule has 1 N–H and O–H groups in total. The fourth-order valence-corrected chi connectivity index (χ4v) is 2.35. The summed E-state index contributed by atoms with van der Waals surface area (Å²) in [6.07, 6.45) is 1.57. The molecule has 142 valence electrons. The fraction of sp³-hybridized carbons (Fsp3) is 0.333. The number of nitriles is 1. The number of esters is 1. The van der Waals surface area contributed by atoms with E-state index < -0.39 is 24.0 Å². The van der Waals surface area contributed by atoms with Crippen LogP contribution >= 0.6 is 0 Å². The molecule has 1 atom stereocenters. The molecule has 0 saturated carbocycles. The summed E-state index contributed by atoms with van der Waals surface area (Å²) in [5.41, 5.74) is 0.631. The Bertz CT molecular complexity index is 799. The molecule has 1 fully saturated rings. The minimum Gasteiger partial charge on any atom is -0.493 e. The van der Waals surface area contributed by atoms with Crippen LogP contribution in [-0.4, -0.2) is 55.7 Å². The number of hydrogen-bond donors (Lipinski definition) is 1. The molecule has 0 aliphatic carbocycles. The Morgan fingerprint density at radius 3 is 2.81 bits per heavy atom. The van der Waals surface area contributed by atoms with Gasteiger partial charge in [0.2, 0.25) is 0 Å². The highest BCUT2D eigenvalue weighted by atomic mass is 16.5. The number of nitrogens with zero attached hydrogens (tertiary/aromatic N) is 2. The van der Waals surface area contributed by atoms with E-state index in [0.717, 1.165) is 4.90 Å². The van der Waals surface area contributed by atoms with Gasteiger partial charge in [0.05, 0.1) is 7.11 Å². The smallest absolute Gasteiger partial charge is 0.331 e. The number of urea groups is 1. The fourth-order valence-electron chi connectivity index (χ4n) is 2.35. The maximum absolute atomic E-state index is 12.1. The highest BCUT2D eigenvalue weighted by Crippen LogP contribution is 2.28. The molecule has 0 aromatic heterocycles. The first-order valence-electron chi connectivity index (χ1n) is 8.12. The van der Waals surface area contributed by atoms with Crippen LogP contribution in [0.5, 0.6) is 11.5 Å². The summed E-state index contributed by atoms with van der Waals surface area (Å²) >= 11 is 0. The van der Waals surface area contributed by atoms with Gasteiger partial charge in [-0.2, -0.15) is 5.26 Å². The maximum atomic E-state index is 12.1. The molecule has 9 nitrogen and oxygen atoms in total. The van der Waals surface area contributed by atoms with Gasteiger partial charge in [0.15, 0.2) is 24.2 Å². The molecule has 0 radical (unpaired) electrons. The molecular weight excluding hydrogens is 354 g/mol. The molecule has 0 spiro atoms. The van der Waals surface area contributed by atoms with Crippen LogP contribution < -0.4 is 14.8 Å². The molecule has 2 rings (SSSR count). The zero-order valence-corrected chi connectivity index (χ0v) is 14.9. The minimum atomic E-state index is -1.08. The minimum absolute atomic E-state index is 0.112. The lowest BCUT2D eigenvalue weighted by atomic mass is 10.2. The number of carbonyl (C=O) groups excluding carboxylic acids is 3. The summed E-state index contributed by atoms with van der Waals surface area (Å²) < 4.78 is 15.4. The van der Waals surface area contributed by atoms with Crippen LogP contribution in [0.25, 0.3) is 6.08 Å². The average molecular weight is 373 g/mol. The second-order valence-electron chi connectivity index (χ2n) is 5.49. The summed E-state index contributed by atoms with van der Waals surface area (Å²) in [5, 5.41) is 11.1. The molecule has 0 unspecified atom stereocenters. The zero-order chi connectivity index (χ0) is 19.8. The Hall–Kier alpha value is -3.54. The van der Waals surface area contributed by atoms with Gasteiger partial charge in [-0.25, -0.2) is 9.59 Å². The van der Waals surface area contributed by atoms with Gasteiger partial charge < -0.3 is 19.5 Å². The van der Waals surface area contributed by atoms with Gasteiger partial charge in [0.1, 0.15) is 6.07 Å². The van der Waals surface area contributed by atoms with Gasteiger partial charge in [-0.1, -0.05) is 6.07 Å². The van der Waals surface area contributed by atoms with E-state index in [1.807, 2.05) is 6.07 Å². The standard InChI is InChI=1S/C18H19N3O6/c1-12(17(23)21-9-8-20-18(21)24)27-16(22)6-4-13-3-5-14(26-10-7-19)15(11-13)25-2/h3-6,11-12H,8-10H2,1-2H3,(H,20,24)/b6-4+/t12-/m1/s1. The van der Waals surface area contributed by atoms with E-state index in [1.165, 1.54) is 26.2 Å². The Kier molecular flexibility index (Phi) is 6.77. The van der Waals surface area contributed by atoms with E-state index >= 15 is 0 Å². The number of benzene rings is 1. The second-order valence-corrected chi connectivity index (χ2v) is 5.49. The van der Waals surface area contributed by atoms with Crippen molar-refractivity contribution in [1.29, 1.82) is 5.26 Å². The SMILES string of the molecule is COc1cc(/C=C/C(=O)O[C@H](C)C(=O)N2CCNC2=O)ccc1OCC#N. The van der Waals surface area contributed by atoms with Gasteiger partial charge in [-0.15, -0.1) is 0 Å². The van der Waals surface area contributed by atoms with Crippen molar-refractivity contribution in [2.45, 2.75) is 13.0 Å². The number of amides is 3. The average Bonchev–Trinajstić information content (AvgIpc) is 3.10. The lowest BCUT2D eigenvalue weighted by molar-refractivity contribution is -0.153. The van der Waals surface area contributed by atoms with Crippen LogP contribution in [0.2, 0.25) is 0 Å². The van der Waals surface area contributed by atoms with Crippen molar-refractivity contribution in [3.05, 3.63) is 29.8 Å². The van der Waals surface area contributed by atoms with Crippen molar-refractivity contribution in [2.75, 3.05) is 26.8 Å². The van der Waals surface area contributed by atoms with E-state index in [9.17, 15) is 14.4 Å². The number of ether oxygens (including phenoxy) is 3. The van der Waals surface area contributed by atoms with Crippen LogP contribution in [-0.2, 0) is 14.3 Å². The summed E-state index contributed by atoms with van der Waals surface area (Å²) in [6.45, 7) is 1.92. The van der Waals surface area contributed by atoms with E-state index in [-0.39, 0.29) is 13.2 Å². The van der Waals surface area contributed by atoms with Gasteiger partial charge >= 0.3 is 12.0 Å². The van der Waals surface area contributed by atoms with Crippen LogP contribution in [0.4, 0.5) is 4.79 Å². The molecule has 1 aliphatic rings. The molecule has 9 heteroatoms. The third-order valence-corrected chi connectivity index (χ3v) is 3.66. The van der Waals surface area contributed by atoms with E-state index in [0.29, 0.717) is 23.6 Å². The van der Waals surface area contributed by atoms with Gasteiger partial charge in [-0.05, 0) is 30.7 Å². The van der Waals surface area contributed by atoms with Crippen molar-refractivity contribution in [3.63, 3.8) is 0 Å². The predicted molar refractivity (Wildman–Crippen MR) is 93.8 cm³/mol. The van der Waals surface area contributed by atoms with Crippen LogP contribution in [0.3, 0.4) is 0 Å². The van der Waals surface area contributed by atoms with E-state index in [2.05, 4.69) is 5.32 Å². The summed E-state index contributed by atoms with van der Waals surface area (Å²) in [4.78, 5) is 36.5. The van der Waals surface area contributed by atoms with Crippen LogP contribution in [0, 0.1) is 11.3 Å². The number of methoxy groups -OCH3 is 1. The van der Waals surface area contributed by atoms with Crippen molar-refractivity contribution < 1.29 is 28.6 Å². The molecular formula is C18H19N3O6. The lowest BCUT2D eigenvalue weighted by Gasteiger charge is -2.17. The molecule has 0 bridgehead atoms. The summed E-state index contributed by atoms with van der Waals surface area (Å²) in [7, 11) is 1.46. The molecule has 1 aromatic carbocycles. The summed E-state index contributed by atoms with van der Waals surface area (Å²) in [5.74, 6) is -0.488. The number of nitrogens with one attached hydrogen (secondary N) is 1. The van der Waals surface area contributed by atoms with Crippen LogP contribution in [0.15, 0.2) is 24.3 Å². The number of imide groups is 1. The normalized spacial score (nSPS) is 14.4. The molecule has 1 saturated heterocycles. The molecule has 1 aromatic rings. The Morgan fingerprint density at radius 2 is 2.19 bits per heavy atom. The molecule has 3 amide bonds. The Labute approximate surface area is 156 Å². The number of carbonyl (C=O) groups is 3. The van der Waals surface area contributed by atoms with Gasteiger partial charge in [0.25, 0.3) is 5.91 Å². The first kappa shape index (κ1) is 19.8. The van der Waals surface area contributed by atoms with Crippen LogP contribution in [0.1, 0.15) is 12.5 Å². The van der Waals surface area contributed by atoms with Crippen molar-refractivity contribution in [2.24, 2.45) is 0 Å². The van der Waals surface area contributed by atoms with E-state index in [1.54, 1.807) is 18.2 Å². The maximum Gasteiger partial charge on any atom is 0.331 e. The predicted octanol–water partition coefficient (Wildman–Crippen LogP) is 1.09. The third-order valence-electron chi connectivity index (χ3n) is 3.66. The number of rotatable bonds is 7. The van der Waals surface area contributed by atoms with Crippen molar-refractivity contribution >= 4 is 24.0 Å². The highest BCUT2D eigenvalue weighted by molar-refractivity contribution is 5.99. The first-order valence-corrected chi connectivity index (χ1v) is 8.12. The second kappa shape index (κ2) is 9.24. The first-order chi connectivity index (χ1) is 13.0. The Morgan fingerprint density at radius 1 is 1.41 bits per heavy atom. The molecule has 27 heavy (non-hydrogen) atoms. The Balaban J connectivity index is 1.96. The van der Waals surface area contributed by atoms with Crippen molar-refractivity contribution in [1.82, 2.24) is 10.2 Å². The lowest BCUT2D eigenvalue weighted by Crippen LogP contribution is -2.41. The topological polar surface area (TPSA) is 118 Å². The van der Waals surface area contributed by atoms with Gasteiger partial charge in [0, 0.05) is 19.2 Å². The quantitative estimate of drug-likeness (QED) is 0.561.